The lowest BCUT2D eigenvalue weighted by atomic mass is 9.97. The van der Waals surface area contributed by atoms with Crippen LogP contribution in [0.4, 0.5) is 0 Å². The third-order valence-electron chi connectivity index (χ3n) is 4.19. The van der Waals surface area contributed by atoms with E-state index >= 15 is 0 Å². The number of likely N-dealkylation sites (tertiary alicyclic amines) is 1. The summed E-state index contributed by atoms with van der Waals surface area (Å²) in [6.07, 6.45) is 10.2. The van der Waals surface area contributed by atoms with Crippen molar-refractivity contribution in [1.82, 2.24) is 9.80 Å². The van der Waals surface area contributed by atoms with Crippen molar-refractivity contribution in [1.29, 1.82) is 0 Å². The number of hydrogen-bond donors (Lipinski definition) is 0. The Bertz CT molecular complexity index is 381. The average molecular weight is 261 g/mol. The first-order valence-electron chi connectivity index (χ1n) is 7.33. The quantitative estimate of drug-likeness (QED) is 0.723. The Hall–Kier alpha value is -0.930. The maximum atomic E-state index is 4.59. The Kier molecular flexibility index (Phi) is 4.94. The molecule has 3 atom stereocenters. The van der Waals surface area contributed by atoms with Gasteiger partial charge in [-0.25, -0.2) is 0 Å². The Morgan fingerprint density at radius 1 is 1.47 bits per heavy atom. The standard InChI is InChI=1S/C16H27N3/c1-13-10-14(2)16(17-11-13)6-5-8-19-9-7-15(12-19)18(3)4/h5-6,10-11,14-16H,7-9,12H2,1-4H3/b6-5+. The molecule has 3 heteroatoms. The van der Waals surface area contributed by atoms with Crippen molar-refractivity contribution >= 4 is 6.21 Å². The number of allylic oxidation sites excluding steroid dienone is 1. The predicted octanol–water partition coefficient (Wildman–Crippen LogP) is 2.21. The van der Waals surface area contributed by atoms with Gasteiger partial charge in [-0.1, -0.05) is 25.2 Å². The highest BCUT2D eigenvalue weighted by atomic mass is 15.2. The Labute approximate surface area is 117 Å². The fraction of sp³-hybridized carbons (Fsp3) is 0.688. The van der Waals surface area contributed by atoms with Crippen molar-refractivity contribution in [3.05, 3.63) is 23.8 Å². The number of hydrogen-bond acceptors (Lipinski definition) is 3. The van der Waals surface area contributed by atoms with E-state index in [0.29, 0.717) is 12.0 Å². The van der Waals surface area contributed by atoms with E-state index in [1.54, 1.807) is 0 Å². The van der Waals surface area contributed by atoms with E-state index in [1.807, 2.05) is 6.21 Å². The fourth-order valence-corrected chi connectivity index (χ4v) is 2.87. The zero-order valence-corrected chi connectivity index (χ0v) is 12.7. The van der Waals surface area contributed by atoms with Crippen LogP contribution in [0.3, 0.4) is 0 Å². The monoisotopic (exact) mass is 261 g/mol. The molecule has 3 nitrogen and oxygen atoms in total. The summed E-state index contributed by atoms with van der Waals surface area (Å²) in [6.45, 7) is 7.83. The van der Waals surface area contributed by atoms with Crippen LogP contribution in [0.1, 0.15) is 20.3 Å². The van der Waals surface area contributed by atoms with Gasteiger partial charge in [0.25, 0.3) is 0 Å². The SMILES string of the molecule is CC1=CC(C)C(/C=C/CN2CCC(N(C)C)C2)N=C1. The first-order valence-corrected chi connectivity index (χ1v) is 7.33. The highest BCUT2D eigenvalue weighted by Crippen LogP contribution is 2.17. The van der Waals surface area contributed by atoms with Gasteiger partial charge in [-0.3, -0.25) is 9.89 Å². The first kappa shape index (κ1) is 14.5. The molecular formula is C16H27N3. The molecule has 0 saturated carbocycles. The van der Waals surface area contributed by atoms with Gasteiger partial charge in [-0.05, 0) is 33.0 Å². The molecule has 0 radical (unpaired) electrons. The highest BCUT2D eigenvalue weighted by molar-refractivity contribution is 5.79. The molecule has 0 aliphatic carbocycles. The molecule has 19 heavy (non-hydrogen) atoms. The molecule has 0 spiro atoms. The summed E-state index contributed by atoms with van der Waals surface area (Å²) in [6, 6.07) is 1.06. The Balaban J connectivity index is 1.77. The van der Waals surface area contributed by atoms with Gasteiger partial charge < -0.3 is 4.90 Å². The number of nitrogens with zero attached hydrogens (tertiary/aromatic N) is 3. The summed E-state index contributed by atoms with van der Waals surface area (Å²) >= 11 is 0. The molecule has 2 rings (SSSR count). The lowest BCUT2D eigenvalue weighted by molar-refractivity contribution is 0.280. The minimum atomic E-state index is 0.330. The summed E-state index contributed by atoms with van der Waals surface area (Å²) in [5, 5.41) is 0. The summed E-state index contributed by atoms with van der Waals surface area (Å²) in [5.74, 6) is 0.523. The lowest BCUT2D eigenvalue weighted by Crippen LogP contribution is -2.31. The summed E-state index contributed by atoms with van der Waals surface area (Å²) in [7, 11) is 4.36. The maximum Gasteiger partial charge on any atom is 0.0740 e. The number of likely N-dealkylation sites (N-methyl/N-ethyl adjacent to an activating group) is 1. The Morgan fingerprint density at radius 3 is 2.89 bits per heavy atom. The van der Waals surface area contributed by atoms with Crippen molar-refractivity contribution in [3.8, 4) is 0 Å². The molecule has 0 amide bonds. The van der Waals surface area contributed by atoms with Crippen molar-refractivity contribution in [2.75, 3.05) is 33.7 Å². The smallest absolute Gasteiger partial charge is 0.0740 e. The third-order valence-corrected chi connectivity index (χ3v) is 4.19. The number of dihydropyridines is 1. The van der Waals surface area contributed by atoms with Crippen molar-refractivity contribution in [2.24, 2.45) is 10.9 Å². The highest BCUT2D eigenvalue weighted by Gasteiger charge is 2.22. The zero-order valence-electron chi connectivity index (χ0n) is 12.7. The number of rotatable bonds is 4. The van der Waals surface area contributed by atoms with Crippen LogP contribution < -0.4 is 0 Å². The minimum absolute atomic E-state index is 0.330. The molecule has 0 aromatic rings. The van der Waals surface area contributed by atoms with Gasteiger partial charge in [0.2, 0.25) is 0 Å². The van der Waals surface area contributed by atoms with E-state index in [2.05, 4.69) is 61.0 Å². The van der Waals surface area contributed by atoms with E-state index in [-0.39, 0.29) is 0 Å². The van der Waals surface area contributed by atoms with E-state index in [4.69, 9.17) is 0 Å². The van der Waals surface area contributed by atoms with Gasteiger partial charge in [0.15, 0.2) is 0 Å². The van der Waals surface area contributed by atoms with Crippen LogP contribution in [0.25, 0.3) is 0 Å². The summed E-state index contributed by atoms with van der Waals surface area (Å²) in [4.78, 5) is 9.46. The molecule has 1 fully saturated rings. The van der Waals surface area contributed by atoms with Gasteiger partial charge in [0, 0.05) is 37.8 Å². The van der Waals surface area contributed by atoms with Crippen molar-refractivity contribution in [2.45, 2.75) is 32.4 Å². The lowest BCUT2D eigenvalue weighted by Gasteiger charge is -2.20. The van der Waals surface area contributed by atoms with Crippen LogP contribution in [0.2, 0.25) is 0 Å². The normalized spacial score (nSPS) is 32.5. The van der Waals surface area contributed by atoms with Crippen LogP contribution in [0, 0.1) is 5.92 Å². The van der Waals surface area contributed by atoms with Gasteiger partial charge >= 0.3 is 0 Å². The van der Waals surface area contributed by atoms with Crippen LogP contribution in [-0.2, 0) is 0 Å². The molecule has 2 aliphatic rings. The molecule has 0 N–H and O–H groups in total. The largest absolute Gasteiger partial charge is 0.305 e. The molecule has 0 bridgehead atoms. The van der Waals surface area contributed by atoms with E-state index in [0.717, 1.165) is 12.6 Å². The van der Waals surface area contributed by atoms with Gasteiger partial charge in [0.1, 0.15) is 0 Å². The van der Waals surface area contributed by atoms with E-state index in [9.17, 15) is 0 Å². The summed E-state index contributed by atoms with van der Waals surface area (Å²) < 4.78 is 0. The molecule has 3 unspecified atom stereocenters. The molecular weight excluding hydrogens is 234 g/mol. The zero-order chi connectivity index (χ0) is 13.8. The van der Waals surface area contributed by atoms with E-state index in [1.165, 1.54) is 25.1 Å². The molecule has 106 valence electrons. The predicted molar refractivity (Wildman–Crippen MR) is 82.9 cm³/mol. The molecule has 1 saturated heterocycles. The Morgan fingerprint density at radius 2 is 2.26 bits per heavy atom. The van der Waals surface area contributed by atoms with Crippen LogP contribution >= 0.6 is 0 Å². The van der Waals surface area contributed by atoms with Gasteiger partial charge in [-0.2, -0.15) is 0 Å². The second-order valence-corrected chi connectivity index (χ2v) is 6.13. The fourth-order valence-electron chi connectivity index (χ4n) is 2.87. The van der Waals surface area contributed by atoms with Crippen LogP contribution in [0.5, 0.6) is 0 Å². The second kappa shape index (κ2) is 6.49. The van der Waals surface area contributed by atoms with Gasteiger partial charge in [0.05, 0.1) is 6.04 Å². The summed E-state index contributed by atoms with van der Waals surface area (Å²) in [5.41, 5.74) is 1.28. The topological polar surface area (TPSA) is 18.8 Å². The van der Waals surface area contributed by atoms with Crippen molar-refractivity contribution < 1.29 is 0 Å². The number of aliphatic imine (C=N–C) groups is 1. The second-order valence-electron chi connectivity index (χ2n) is 6.13. The van der Waals surface area contributed by atoms with Gasteiger partial charge in [-0.15, -0.1) is 0 Å². The van der Waals surface area contributed by atoms with Crippen LogP contribution in [-0.4, -0.2) is 61.8 Å². The average Bonchev–Trinajstić information content (AvgIpc) is 2.81. The van der Waals surface area contributed by atoms with Crippen molar-refractivity contribution in [3.63, 3.8) is 0 Å². The third kappa shape index (κ3) is 4.02. The minimum Gasteiger partial charge on any atom is -0.305 e. The first-order chi connectivity index (χ1) is 9.06. The molecule has 0 aromatic carbocycles. The maximum absolute atomic E-state index is 4.59. The molecule has 2 heterocycles. The van der Waals surface area contributed by atoms with E-state index < -0.39 is 0 Å². The molecule has 2 aliphatic heterocycles. The van der Waals surface area contributed by atoms with Crippen LogP contribution in [0.15, 0.2) is 28.8 Å². The molecule has 0 aromatic heterocycles.